The van der Waals surface area contributed by atoms with Gasteiger partial charge >= 0.3 is 0 Å². The maximum Gasteiger partial charge on any atom is 0.193 e. The van der Waals surface area contributed by atoms with Crippen LogP contribution in [0.1, 0.15) is 27.0 Å². The molecule has 0 atom stereocenters. The lowest BCUT2D eigenvalue weighted by Crippen LogP contribution is -2.06. The van der Waals surface area contributed by atoms with E-state index < -0.39 is 0 Å². The number of hydrogen-bond acceptors (Lipinski definition) is 3. The first-order chi connectivity index (χ1) is 17.3. The van der Waals surface area contributed by atoms with Crippen LogP contribution in [0.25, 0.3) is 0 Å². The van der Waals surface area contributed by atoms with E-state index in [0.717, 1.165) is 33.7 Å². The number of nitrogens with one attached hydrogen (secondary N) is 1. The van der Waals surface area contributed by atoms with Gasteiger partial charge in [0.05, 0.1) is 11.4 Å². The number of anilines is 1. The first kappa shape index (κ1) is 23.4. The minimum Gasteiger partial charge on any atom is -0.289 e. The number of hydrogen-bond donors (Lipinski definition) is 1. The molecule has 0 aliphatic rings. The normalized spacial score (nSPS) is 9.83. The molecule has 0 fully saturated rings. The first-order valence-corrected chi connectivity index (χ1v) is 11.5. The van der Waals surface area contributed by atoms with E-state index in [1.165, 1.54) is 0 Å². The van der Waals surface area contributed by atoms with E-state index in [-0.39, 0.29) is 5.78 Å². The molecule has 170 valence electrons. The SMILES string of the molecule is O=C(c1ccccc1)c1ccccc1.c1ccc(NN=C(c2ccccc2)c2ccccc2)cc1. The lowest BCUT2D eigenvalue weighted by molar-refractivity contribution is 0.103. The number of benzene rings is 5. The van der Waals surface area contributed by atoms with Crippen LogP contribution in [0.4, 0.5) is 5.69 Å². The highest BCUT2D eigenvalue weighted by Crippen LogP contribution is 2.13. The van der Waals surface area contributed by atoms with E-state index in [4.69, 9.17) is 0 Å². The zero-order valence-corrected chi connectivity index (χ0v) is 19.3. The van der Waals surface area contributed by atoms with Crippen LogP contribution >= 0.6 is 0 Å². The van der Waals surface area contributed by atoms with E-state index in [1.54, 1.807) is 0 Å². The van der Waals surface area contributed by atoms with Gasteiger partial charge in [0.15, 0.2) is 5.78 Å². The van der Waals surface area contributed by atoms with Crippen LogP contribution in [0, 0.1) is 0 Å². The molecule has 0 radical (unpaired) electrons. The lowest BCUT2D eigenvalue weighted by Gasteiger charge is -2.08. The molecule has 35 heavy (non-hydrogen) atoms. The number of ketones is 1. The average Bonchev–Trinajstić information content (AvgIpc) is 2.96. The Labute approximate surface area is 206 Å². The standard InChI is InChI=1S/C19H16N2.C13H10O/c1-4-10-16(11-5-1)19(17-12-6-2-7-13-17)21-20-18-14-8-3-9-15-18;14-13(11-7-3-1-4-8-11)12-9-5-2-6-10-12/h1-15,20H;1-10H. The molecular formula is C32H26N2O. The van der Waals surface area contributed by atoms with Crippen molar-refractivity contribution in [2.24, 2.45) is 5.10 Å². The third-order valence-electron chi connectivity index (χ3n) is 5.24. The second-order valence-electron chi connectivity index (χ2n) is 7.73. The molecule has 0 bridgehead atoms. The summed E-state index contributed by atoms with van der Waals surface area (Å²) in [4.78, 5) is 11.8. The van der Waals surface area contributed by atoms with Gasteiger partial charge in [0.1, 0.15) is 0 Å². The second kappa shape index (κ2) is 12.5. The number of hydrazone groups is 1. The van der Waals surface area contributed by atoms with Crippen LogP contribution in [-0.4, -0.2) is 11.5 Å². The van der Waals surface area contributed by atoms with Gasteiger partial charge in [-0.2, -0.15) is 5.10 Å². The van der Waals surface area contributed by atoms with Crippen LogP contribution in [0.5, 0.6) is 0 Å². The average molecular weight is 455 g/mol. The summed E-state index contributed by atoms with van der Waals surface area (Å²) in [5, 5.41) is 4.60. The lowest BCUT2D eigenvalue weighted by atomic mass is 10.0. The first-order valence-electron chi connectivity index (χ1n) is 11.5. The van der Waals surface area contributed by atoms with Crippen molar-refractivity contribution in [3.05, 3.63) is 174 Å². The van der Waals surface area contributed by atoms with Crippen LogP contribution in [-0.2, 0) is 0 Å². The molecule has 5 rings (SSSR count). The number of carbonyl (C=O) groups is 1. The quantitative estimate of drug-likeness (QED) is 0.164. The van der Waals surface area contributed by atoms with Gasteiger partial charge in [0, 0.05) is 22.3 Å². The molecule has 3 heteroatoms. The molecule has 3 nitrogen and oxygen atoms in total. The van der Waals surface area contributed by atoms with Crippen molar-refractivity contribution in [3.63, 3.8) is 0 Å². The van der Waals surface area contributed by atoms with Crippen molar-refractivity contribution in [3.8, 4) is 0 Å². The second-order valence-corrected chi connectivity index (χ2v) is 7.73. The fourth-order valence-electron chi connectivity index (χ4n) is 3.47. The summed E-state index contributed by atoms with van der Waals surface area (Å²) >= 11 is 0. The van der Waals surface area contributed by atoms with E-state index >= 15 is 0 Å². The summed E-state index contributed by atoms with van der Waals surface area (Å²) in [5.41, 5.74) is 8.68. The Hall–Kier alpha value is -4.76. The van der Waals surface area contributed by atoms with Gasteiger partial charge in [0.25, 0.3) is 0 Å². The Morgan fingerprint density at radius 3 is 1.11 bits per heavy atom. The third-order valence-corrected chi connectivity index (χ3v) is 5.24. The summed E-state index contributed by atoms with van der Waals surface area (Å²) < 4.78 is 0. The van der Waals surface area contributed by atoms with Crippen molar-refractivity contribution in [2.75, 3.05) is 5.43 Å². The maximum atomic E-state index is 11.8. The predicted octanol–water partition coefficient (Wildman–Crippen LogP) is 7.47. The Balaban J connectivity index is 0.000000179. The molecule has 0 aromatic heterocycles. The van der Waals surface area contributed by atoms with Gasteiger partial charge in [-0.3, -0.25) is 10.2 Å². The van der Waals surface area contributed by atoms with E-state index in [0.29, 0.717) is 0 Å². The molecule has 0 spiro atoms. The molecule has 5 aromatic carbocycles. The largest absolute Gasteiger partial charge is 0.289 e. The summed E-state index contributed by atoms with van der Waals surface area (Å²) in [7, 11) is 0. The molecule has 0 saturated heterocycles. The highest BCUT2D eigenvalue weighted by atomic mass is 16.1. The number of para-hydroxylation sites is 1. The van der Waals surface area contributed by atoms with Crippen molar-refractivity contribution in [1.29, 1.82) is 0 Å². The molecule has 0 aliphatic carbocycles. The molecule has 1 N–H and O–H groups in total. The summed E-state index contributed by atoms with van der Waals surface area (Å²) in [6.07, 6.45) is 0. The van der Waals surface area contributed by atoms with Gasteiger partial charge in [-0.1, -0.05) is 140 Å². The van der Waals surface area contributed by atoms with Crippen LogP contribution in [0.3, 0.4) is 0 Å². The topological polar surface area (TPSA) is 41.5 Å². The number of carbonyl (C=O) groups excluding carboxylic acids is 1. The maximum absolute atomic E-state index is 11.8. The highest BCUT2D eigenvalue weighted by Gasteiger charge is 2.07. The van der Waals surface area contributed by atoms with Gasteiger partial charge in [-0.25, -0.2) is 0 Å². The third kappa shape index (κ3) is 6.86. The van der Waals surface area contributed by atoms with Gasteiger partial charge < -0.3 is 0 Å². The fourth-order valence-corrected chi connectivity index (χ4v) is 3.47. The van der Waals surface area contributed by atoms with Gasteiger partial charge in [-0.15, -0.1) is 0 Å². The van der Waals surface area contributed by atoms with Crippen molar-refractivity contribution in [1.82, 2.24) is 0 Å². The molecule has 5 aromatic rings. The fraction of sp³-hybridized carbons (Fsp3) is 0. The molecule has 0 unspecified atom stereocenters. The van der Waals surface area contributed by atoms with E-state index in [2.05, 4.69) is 34.8 Å². The van der Waals surface area contributed by atoms with Crippen molar-refractivity contribution < 1.29 is 4.79 Å². The Kier molecular flexibility index (Phi) is 8.34. The smallest absolute Gasteiger partial charge is 0.193 e. The molecular weight excluding hydrogens is 428 g/mol. The van der Waals surface area contributed by atoms with E-state index in [9.17, 15) is 4.79 Å². The number of rotatable bonds is 6. The number of nitrogens with zero attached hydrogens (tertiary/aromatic N) is 1. The van der Waals surface area contributed by atoms with Crippen molar-refractivity contribution >= 4 is 17.2 Å². The minimum absolute atomic E-state index is 0.0752. The van der Waals surface area contributed by atoms with Crippen LogP contribution in [0.2, 0.25) is 0 Å². The summed E-state index contributed by atoms with van der Waals surface area (Å²) in [6.45, 7) is 0. The zero-order chi connectivity index (χ0) is 24.1. The monoisotopic (exact) mass is 454 g/mol. The highest BCUT2D eigenvalue weighted by molar-refractivity contribution is 6.13. The molecule has 0 heterocycles. The summed E-state index contributed by atoms with van der Waals surface area (Å²) in [5.74, 6) is 0.0752. The summed E-state index contributed by atoms with van der Waals surface area (Å²) in [6, 6.07) is 49.0. The Bertz CT molecular complexity index is 1250. The minimum atomic E-state index is 0.0752. The van der Waals surface area contributed by atoms with Crippen LogP contribution in [0.15, 0.2) is 157 Å². The molecule has 0 saturated carbocycles. The van der Waals surface area contributed by atoms with Crippen molar-refractivity contribution in [2.45, 2.75) is 0 Å². The predicted molar refractivity (Wildman–Crippen MR) is 145 cm³/mol. The van der Waals surface area contributed by atoms with E-state index in [1.807, 2.05) is 127 Å². The van der Waals surface area contributed by atoms with Gasteiger partial charge in [-0.05, 0) is 12.1 Å². The van der Waals surface area contributed by atoms with Gasteiger partial charge in [0.2, 0.25) is 0 Å². The molecule has 0 aliphatic heterocycles. The van der Waals surface area contributed by atoms with Crippen LogP contribution < -0.4 is 5.43 Å². The zero-order valence-electron chi connectivity index (χ0n) is 19.3. The Morgan fingerprint density at radius 2 is 0.743 bits per heavy atom. The molecule has 0 amide bonds. The Morgan fingerprint density at radius 1 is 0.429 bits per heavy atom.